The third-order valence-electron chi connectivity index (χ3n) is 1.63. The largest absolute Gasteiger partial charge is 0.328 e. The first-order chi connectivity index (χ1) is 7.35. The Bertz CT molecular complexity index is 217. The predicted molar refractivity (Wildman–Crippen MR) is 63.9 cm³/mol. The number of unbranched alkanes of at least 4 members (excludes halogenated alkanes) is 3. The average Bonchev–Trinajstić information content (AvgIpc) is 2.11. The molecule has 3 N–H and O–H groups in total. The van der Waals surface area contributed by atoms with E-state index in [1.165, 1.54) is 0 Å². The van der Waals surface area contributed by atoms with Crippen LogP contribution in [-0.4, -0.2) is 27.4 Å². The van der Waals surface area contributed by atoms with Gasteiger partial charge in [-0.05, 0) is 13.3 Å². The molecule has 0 aliphatic carbocycles. The summed E-state index contributed by atoms with van der Waals surface area (Å²) in [7, 11) is -6.36. The van der Waals surface area contributed by atoms with E-state index in [1.54, 1.807) is 6.92 Å². The Labute approximate surface area is 97.1 Å². The Morgan fingerprint density at radius 2 is 1.69 bits per heavy atom. The molecule has 6 nitrogen and oxygen atoms in total. The van der Waals surface area contributed by atoms with Gasteiger partial charge in [-0.1, -0.05) is 26.2 Å². The van der Waals surface area contributed by atoms with E-state index in [9.17, 15) is 4.57 Å². The van der Waals surface area contributed by atoms with Gasteiger partial charge in [-0.3, -0.25) is 9.13 Å². The lowest BCUT2D eigenvalue weighted by Gasteiger charge is -2.09. The third-order valence-corrected chi connectivity index (χ3v) is 3.17. The molecular formula is C8H22O6P2. The quantitative estimate of drug-likeness (QED) is 0.486. The molecular weight excluding hydrogens is 254 g/mol. The zero-order valence-electron chi connectivity index (χ0n) is 9.76. The molecule has 0 radical (unpaired) electrons. The van der Waals surface area contributed by atoms with Crippen molar-refractivity contribution in [2.45, 2.75) is 39.5 Å². The Kier molecular flexibility index (Phi) is 13.7. The highest BCUT2D eigenvalue weighted by atomic mass is 31.2. The molecule has 1 unspecified atom stereocenters. The molecule has 0 aliphatic heterocycles. The van der Waals surface area contributed by atoms with Crippen LogP contribution in [0, 0.1) is 0 Å². The van der Waals surface area contributed by atoms with Crippen LogP contribution in [0.5, 0.6) is 0 Å². The molecule has 100 valence electrons. The summed E-state index contributed by atoms with van der Waals surface area (Å²) in [6.07, 6.45) is 4.40. The fourth-order valence-electron chi connectivity index (χ4n) is 1.00. The van der Waals surface area contributed by atoms with Gasteiger partial charge in [0.25, 0.3) is 0 Å². The van der Waals surface area contributed by atoms with Crippen LogP contribution >= 0.6 is 15.9 Å². The van der Waals surface area contributed by atoms with Gasteiger partial charge in [-0.25, -0.2) is 0 Å². The highest BCUT2D eigenvalue weighted by Gasteiger charge is 2.16. The Balaban J connectivity index is 0. The van der Waals surface area contributed by atoms with E-state index < -0.39 is 15.9 Å². The van der Waals surface area contributed by atoms with Gasteiger partial charge in [0.1, 0.15) is 0 Å². The molecule has 0 rings (SSSR count). The first-order valence-corrected chi connectivity index (χ1v) is 8.30. The second-order valence-corrected chi connectivity index (χ2v) is 5.67. The van der Waals surface area contributed by atoms with Crippen LogP contribution in [0.4, 0.5) is 0 Å². The highest BCUT2D eigenvalue weighted by molar-refractivity contribution is 7.52. The molecule has 0 spiro atoms. The molecule has 1 atom stereocenters. The number of hydrogen-bond donors (Lipinski definition) is 3. The lowest BCUT2D eigenvalue weighted by atomic mass is 10.2. The minimum absolute atomic E-state index is 0.306. The standard InChI is InChI=1S/C8H19O3P.H3O3P/c1-3-5-6-7-8-12(9,10)11-4-2;1-4(2)3/h3-8H2,1-2H3,(H,9,10);4H,(H2,1,2,3). The van der Waals surface area contributed by atoms with Crippen molar-refractivity contribution in [1.29, 1.82) is 0 Å². The molecule has 0 saturated heterocycles. The van der Waals surface area contributed by atoms with Crippen molar-refractivity contribution in [1.82, 2.24) is 0 Å². The molecule has 0 saturated carbocycles. The van der Waals surface area contributed by atoms with Crippen molar-refractivity contribution in [2.75, 3.05) is 12.8 Å². The fourth-order valence-corrected chi connectivity index (χ4v) is 2.16. The smallest absolute Gasteiger partial charge is 0.326 e. The first kappa shape index (κ1) is 18.7. The second-order valence-electron chi connectivity index (χ2n) is 3.12. The van der Waals surface area contributed by atoms with Crippen molar-refractivity contribution in [3.63, 3.8) is 0 Å². The minimum Gasteiger partial charge on any atom is -0.326 e. The van der Waals surface area contributed by atoms with E-state index in [1.807, 2.05) is 0 Å². The van der Waals surface area contributed by atoms with E-state index in [2.05, 4.69) is 6.92 Å². The summed E-state index contributed by atoms with van der Waals surface area (Å²) in [5, 5.41) is 0. The van der Waals surface area contributed by atoms with Gasteiger partial charge < -0.3 is 19.2 Å². The van der Waals surface area contributed by atoms with Crippen LogP contribution in [0.2, 0.25) is 0 Å². The summed E-state index contributed by atoms with van der Waals surface area (Å²) in [6, 6.07) is 0. The van der Waals surface area contributed by atoms with E-state index in [0.717, 1.165) is 25.7 Å². The minimum atomic E-state index is -3.23. The van der Waals surface area contributed by atoms with E-state index in [0.29, 0.717) is 12.8 Å². The van der Waals surface area contributed by atoms with Gasteiger partial charge in [-0.15, -0.1) is 0 Å². The third kappa shape index (κ3) is 19.8. The van der Waals surface area contributed by atoms with Gasteiger partial charge >= 0.3 is 15.9 Å². The van der Waals surface area contributed by atoms with Crippen molar-refractivity contribution >= 4 is 15.9 Å². The SMILES string of the molecule is CCCCCCP(=O)(O)OCC.O=[PH](O)O. The summed E-state index contributed by atoms with van der Waals surface area (Å²) in [4.78, 5) is 23.5. The molecule has 0 aromatic heterocycles. The molecule has 0 fully saturated rings. The number of rotatable bonds is 7. The Morgan fingerprint density at radius 1 is 1.19 bits per heavy atom. The molecule has 0 bridgehead atoms. The summed E-state index contributed by atoms with van der Waals surface area (Å²) < 4.78 is 24.6. The summed E-state index contributed by atoms with van der Waals surface area (Å²) >= 11 is 0. The average molecular weight is 276 g/mol. The Hall–Kier alpha value is 0.300. The Morgan fingerprint density at radius 3 is 2.06 bits per heavy atom. The topological polar surface area (TPSA) is 104 Å². The van der Waals surface area contributed by atoms with Gasteiger partial charge in [0.05, 0.1) is 6.61 Å². The molecule has 0 aromatic rings. The molecule has 0 aromatic carbocycles. The van der Waals surface area contributed by atoms with Crippen LogP contribution in [-0.2, 0) is 13.7 Å². The number of hydrogen-bond acceptors (Lipinski definition) is 3. The molecule has 16 heavy (non-hydrogen) atoms. The maximum atomic E-state index is 11.1. The maximum absolute atomic E-state index is 11.1. The molecule has 0 amide bonds. The van der Waals surface area contributed by atoms with Gasteiger partial charge in [-0.2, -0.15) is 0 Å². The summed E-state index contributed by atoms with van der Waals surface area (Å²) in [5.41, 5.74) is 0. The molecule has 0 heterocycles. The van der Waals surface area contributed by atoms with Crippen LogP contribution in [0.15, 0.2) is 0 Å². The first-order valence-electron chi connectivity index (χ1n) is 5.24. The predicted octanol–water partition coefficient (Wildman–Crippen LogP) is 2.15. The van der Waals surface area contributed by atoms with Gasteiger partial charge in [0.15, 0.2) is 0 Å². The fraction of sp³-hybridized carbons (Fsp3) is 1.00. The van der Waals surface area contributed by atoms with E-state index in [-0.39, 0.29) is 0 Å². The lowest BCUT2D eigenvalue weighted by Crippen LogP contribution is -1.94. The molecule has 8 heteroatoms. The van der Waals surface area contributed by atoms with Gasteiger partial charge in [0, 0.05) is 6.16 Å². The van der Waals surface area contributed by atoms with Crippen LogP contribution in [0.1, 0.15) is 39.5 Å². The van der Waals surface area contributed by atoms with E-state index in [4.69, 9.17) is 23.8 Å². The van der Waals surface area contributed by atoms with Crippen molar-refractivity contribution in [3.05, 3.63) is 0 Å². The maximum Gasteiger partial charge on any atom is 0.328 e. The lowest BCUT2D eigenvalue weighted by molar-refractivity contribution is 0.272. The van der Waals surface area contributed by atoms with Crippen LogP contribution in [0.25, 0.3) is 0 Å². The zero-order chi connectivity index (χ0) is 13.0. The van der Waals surface area contributed by atoms with Crippen LogP contribution in [0.3, 0.4) is 0 Å². The molecule has 0 aliphatic rings. The van der Waals surface area contributed by atoms with Crippen molar-refractivity contribution < 1.29 is 28.3 Å². The summed E-state index contributed by atoms with van der Waals surface area (Å²) in [5.74, 6) is 0. The monoisotopic (exact) mass is 276 g/mol. The highest BCUT2D eigenvalue weighted by Crippen LogP contribution is 2.42. The normalized spacial score (nSPS) is 14.1. The second kappa shape index (κ2) is 11.8. The van der Waals surface area contributed by atoms with E-state index >= 15 is 0 Å². The van der Waals surface area contributed by atoms with Crippen molar-refractivity contribution in [3.8, 4) is 0 Å². The summed E-state index contributed by atoms with van der Waals surface area (Å²) in [6.45, 7) is 4.16. The van der Waals surface area contributed by atoms with Crippen molar-refractivity contribution in [2.24, 2.45) is 0 Å². The zero-order valence-corrected chi connectivity index (χ0v) is 11.7. The van der Waals surface area contributed by atoms with Gasteiger partial charge in [0.2, 0.25) is 0 Å². The van der Waals surface area contributed by atoms with Crippen LogP contribution < -0.4 is 0 Å².